The van der Waals surface area contributed by atoms with E-state index in [-0.39, 0.29) is 11.9 Å². The number of rotatable bonds is 4. The topological polar surface area (TPSA) is 41.1 Å². The van der Waals surface area contributed by atoms with Crippen LogP contribution < -0.4 is 10.6 Å². The molecular weight excluding hydrogens is 272 g/mol. The smallest absolute Gasteiger partial charge is 0.241 e. The maximum absolute atomic E-state index is 12.2. The van der Waals surface area contributed by atoms with E-state index in [2.05, 4.69) is 17.6 Å². The van der Waals surface area contributed by atoms with Gasteiger partial charge in [0.25, 0.3) is 0 Å². The Labute approximate surface area is 126 Å². The van der Waals surface area contributed by atoms with Crippen molar-refractivity contribution in [2.75, 3.05) is 5.32 Å². The second-order valence-corrected chi connectivity index (χ2v) is 6.19. The van der Waals surface area contributed by atoms with Crippen LogP contribution in [0, 0.1) is 5.92 Å². The number of carbonyl (C=O) groups excluding carboxylic acids is 1. The van der Waals surface area contributed by atoms with Crippen LogP contribution in [0.3, 0.4) is 0 Å². The summed E-state index contributed by atoms with van der Waals surface area (Å²) in [4.78, 5) is 12.2. The Morgan fingerprint density at radius 2 is 1.90 bits per heavy atom. The van der Waals surface area contributed by atoms with Crippen molar-refractivity contribution in [3.8, 4) is 0 Å². The second kappa shape index (κ2) is 7.09. The maximum atomic E-state index is 12.2. The first-order chi connectivity index (χ1) is 9.56. The molecular formula is C16H23ClN2O. The van der Waals surface area contributed by atoms with Crippen LogP contribution in [0.4, 0.5) is 5.69 Å². The lowest BCUT2D eigenvalue weighted by molar-refractivity contribution is -0.118. The summed E-state index contributed by atoms with van der Waals surface area (Å²) in [7, 11) is 0. The molecule has 110 valence electrons. The van der Waals surface area contributed by atoms with E-state index in [1.54, 1.807) is 12.1 Å². The third-order valence-electron chi connectivity index (χ3n) is 4.08. The van der Waals surface area contributed by atoms with Gasteiger partial charge in [0.1, 0.15) is 0 Å². The Kier molecular flexibility index (Phi) is 5.44. The van der Waals surface area contributed by atoms with Crippen LogP contribution in [-0.2, 0) is 4.79 Å². The molecule has 0 bridgehead atoms. The molecule has 1 aromatic rings. The van der Waals surface area contributed by atoms with Crippen LogP contribution in [-0.4, -0.2) is 18.0 Å². The molecule has 0 radical (unpaired) electrons. The summed E-state index contributed by atoms with van der Waals surface area (Å²) in [6.07, 6.45) is 4.99. The van der Waals surface area contributed by atoms with Gasteiger partial charge in [0.05, 0.1) is 6.04 Å². The molecule has 20 heavy (non-hydrogen) atoms. The van der Waals surface area contributed by atoms with Gasteiger partial charge in [-0.2, -0.15) is 0 Å². The summed E-state index contributed by atoms with van der Waals surface area (Å²) in [6.45, 7) is 4.19. The molecule has 0 aromatic heterocycles. The fourth-order valence-corrected chi connectivity index (χ4v) is 2.87. The van der Waals surface area contributed by atoms with E-state index < -0.39 is 0 Å². The number of hydrogen-bond acceptors (Lipinski definition) is 2. The molecule has 3 atom stereocenters. The Morgan fingerprint density at radius 1 is 1.25 bits per heavy atom. The average Bonchev–Trinajstić information content (AvgIpc) is 2.44. The first kappa shape index (κ1) is 15.3. The summed E-state index contributed by atoms with van der Waals surface area (Å²) >= 11 is 5.83. The average molecular weight is 295 g/mol. The predicted molar refractivity (Wildman–Crippen MR) is 84.1 cm³/mol. The Balaban J connectivity index is 1.86. The van der Waals surface area contributed by atoms with Crippen LogP contribution in [0.1, 0.15) is 39.5 Å². The Bertz CT molecular complexity index is 446. The summed E-state index contributed by atoms with van der Waals surface area (Å²) in [5.74, 6) is 0.652. The van der Waals surface area contributed by atoms with Gasteiger partial charge in [-0.3, -0.25) is 4.79 Å². The van der Waals surface area contributed by atoms with Gasteiger partial charge in [0.15, 0.2) is 0 Å². The van der Waals surface area contributed by atoms with Crippen LogP contribution >= 0.6 is 11.6 Å². The highest BCUT2D eigenvalue weighted by Gasteiger charge is 2.24. The molecule has 2 N–H and O–H groups in total. The van der Waals surface area contributed by atoms with Crippen molar-refractivity contribution in [3.05, 3.63) is 29.3 Å². The zero-order valence-electron chi connectivity index (χ0n) is 12.2. The molecule has 0 aliphatic heterocycles. The molecule has 1 aromatic carbocycles. The fourth-order valence-electron chi connectivity index (χ4n) is 2.74. The highest BCUT2D eigenvalue weighted by atomic mass is 35.5. The predicted octanol–water partition coefficient (Wildman–Crippen LogP) is 3.84. The number of halogens is 1. The fraction of sp³-hybridized carbons (Fsp3) is 0.562. The quantitative estimate of drug-likeness (QED) is 0.886. The lowest BCUT2D eigenvalue weighted by Crippen LogP contribution is -2.47. The highest BCUT2D eigenvalue weighted by Crippen LogP contribution is 2.24. The van der Waals surface area contributed by atoms with Gasteiger partial charge >= 0.3 is 0 Å². The number of nitrogens with one attached hydrogen (secondary N) is 2. The zero-order chi connectivity index (χ0) is 14.5. The number of amides is 1. The van der Waals surface area contributed by atoms with Crippen LogP contribution in [0.2, 0.25) is 5.02 Å². The van der Waals surface area contributed by atoms with Crippen molar-refractivity contribution >= 4 is 23.2 Å². The molecule has 1 saturated carbocycles. The van der Waals surface area contributed by atoms with Crippen molar-refractivity contribution in [1.29, 1.82) is 0 Å². The molecule has 2 rings (SSSR count). The minimum absolute atomic E-state index is 0.00472. The van der Waals surface area contributed by atoms with E-state index in [0.29, 0.717) is 17.0 Å². The van der Waals surface area contributed by atoms with Gasteiger partial charge < -0.3 is 10.6 Å². The summed E-state index contributed by atoms with van der Waals surface area (Å²) < 4.78 is 0. The lowest BCUT2D eigenvalue weighted by Gasteiger charge is -2.31. The van der Waals surface area contributed by atoms with E-state index in [1.165, 1.54) is 25.7 Å². The highest BCUT2D eigenvalue weighted by molar-refractivity contribution is 6.30. The number of hydrogen-bond donors (Lipinski definition) is 2. The SMILES string of the molecule is C[C@H](N[C@@H]1CCCC[C@H]1C)C(=O)Nc1ccc(Cl)cc1. The van der Waals surface area contributed by atoms with Crippen molar-refractivity contribution in [2.45, 2.75) is 51.6 Å². The number of benzene rings is 1. The summed E-state index contributed by atoms with van der Waals surface area (Å²) in [5, 5.41) is 7.05. The van der Waals surface area contributed by atoms with Gasteiger partial charge in [0, 0.05) is 16.8 Å². The van der Waals surface area contributed by atoms with Crippen molar-refractivity contribution in [3.63, 3.8) is 0 Å². The van der Waals surface area contributed by atoms with Crippen LogP contribution in [0.15, 0.2) is 24.3 Å². The third-order valence-corrected chi connectivity index (χ3v) is 4.33. The Morgan fingerprint density at radius 3 is 2.55 bits per heavy atom. The van der Waals surface area contributed by atoms with Gasteiger partial charge in [-0.15, -0.1) is 0 Å². The van der Waals surface area contributed by atoms with Crippen molar-refractivity contribution < 1.29 is 4.79 Å². The largest absolute Gasteiger partial charge is 0.325 e. The van der Waals surface area contributed by atoms with Gasteiger partial charge in [-0.1, -0.05) is 31.4 Å². The molecule has 0 saturated heterocycles. The van der Waals surface area contributed by atoms with Crippen LogP contribution in [0.25, 0.3) is 0 Å². The molecule has 1 amide bonds. The van der Waals surface area contributed by atoms with Crippen LogP contribution in [0.5, 0.6) is 0 Å². The van der Waals surface area contributed by atoms with E-state index in [4.69, 9.17) is 11.6 Å². The molecule has 1 fully saturated rings. The van der Waals surface area contributed by atoms with Gasteiger partial charge in [-0.05, 0) is 49.9 Å². The lowest BCUT2D eigenvalue weighted by atomic mass is 9.85. The van der Waals surface area contributed by atoms with E-state index in [1.807, 2.05) is 19.1 Å². The molecule has 1 aliphatic rings. The number of carbonyl (C=O) groups is 1. The second-order valence-electron chi connectivity index (χ2n) is 5.75. The molecule has 4 heteroatoms. The maximum Gasteiger partial charge on any atom is 0.241 e. The molecule has 0 unspecified atom stereocenters. The van der Waals surface area contributed by atoms with Crippen molar-refractivity contribution in [2.24, 2.45) is 5.92 Å². The van der Waals surface area contributed by atoms with E-state index in [9.17, 15) is 4.79 Å². The number of anilines is 1. The molecule has 0 spiro atoms. The van der Waals surface area contributed by atoms with E-state index >= 15 is 0 Å². The minimum atomic E-state index is -0.184. The molecule has 0 heterocycles. The Hall–Kier alpha value is -1.06. The minimum Gasteiger partial charge on any atom is -0.325 e. The summed E-state index contributed by atoms with van der Waals surface area (Å²) in [6, 6.07) is 7.45. The monoisotopic (exact) mass is 294 g/mol. The first-order valence-electron chi connectivity index (χ1n) is 7.39. The zero-order valence-corrected chi connectivity index (χ0v) is 12.9. The first-order valence-corrected chi connectivity index (χ1v) is 7.76. The van der Waals surface area contributed by atoms with Gasteiger partial charge in [0.2, 0.25) is 5.91 Å². The molecule has 1 aliphatic carbocycles. The van der Waals surface area contributed by atoms with E-state index in [0.717, 1.165) is 5.69 Å². The van der Waals surface area contributed by atoms with Crippen molar-refractivity contribution in [1.82, 2.24) is 5.32 Å². The standard InChI is InChI=1S/C16H23ClN2O/c1-11-5-3-4-6-15(11)18-12(2)16(20)19-14-9-7-13(17)8-10-14/h7-12,15,18H,3-6H2,1-2H3,(H,19,20)/t11-,12+,15-/m1/s1. The van der Waals surface area contributed by atoms with Gasteiger partial charge in [-0.25, -0.2) is 0 Å². The molecule has 3 nitrogen and oxygen atoms in total. The summed E-state index contributed by atoms with van der Waals surface area (Å²) in [5.41, 5.74) is 0.782. The normalized spacial score (nSPS) is 24.1. The third kappa shape index (κ3) is 4.22.